The summed E-state index contributed by atoms with van der Waals surface area (Å²) in [7, 11) is 0. The van der Waals surface area contributed by atoms with E-state index >= 15 is 0 Å². The summed E-state index contributed by atoms with van der Waals surface area (Å²) < 4.78 is 0. The van der Waals surface area contributed by atoms with Crippen LogP contribution in [0.1, 0.15) is 47.5 Å². The van der Waals surface area contributed by atoms with E-state index in [1.807, 2.05) is 11.3 Å². The number of aryl methyl sites for hydroxylation is 2. The average molecular weight is 252 g/mol. The van der Waals surface area contributed by atoms with Crippen molar-refractivity contribution in [1.82, 2.24) is 10.6 Å². The zero-order valence-electron chi connectivity index (χ0n) is 11.2. The third-order valence-electron chi connectivity index (χ3n) is 3.63. The minimum atomic E-state index is 0.476. The molecule has 1 aromatic rings. The van der Waals surface area contributed by atoms with E-state index in [-0.39, 0.29) is 0 Å². The number of piperidine rings is 1. The molecule has 0 amide bonds. The van der Waals surface area contributed by atoms with E-state index in [1.54, 1.807) is 0 Å². The largest absolute Gasteiger partial charge is 0.313 e. The Labute approximate surface area is 109 Å². The molecule has 96 valence electrons. The van der Waals surface area contributed by atoms with Crippen LogP contribution in [0.3, 0.4) is 0 Å². The monoisotopic (exact) mass is 252 g/mol. The second-order valence-corrected chi connectivity index (χ2v) is 6.61. The van der Waals surface area contributed by atoms with Gasteiger partial charge in [0, 0.05) is 28.4 Å². The van der Waals surface area contributed by atoms with Crippen molar-refractivity contribution in [2.75, 3.05) is 13.1 Å². The highest BCUT2D eigenvalue weighted by atomic mass is 32.1. The summed E-state index contributed by atoms with van der Waals surface area (Å²) in [4.78, 5) is 2.88. The first kappa shape index (κ1) is 13.1. The van der Waals surface area contributed by atoms with Gasteiger partial charge >= 0.3 is 0 Å². The molecule has 2 unspecified atom stereocenters. The molecule has 17 heavy (non-hydrogen) atoms. The van der Waals surface area contributed by atoms with Gasteiger partial charge in [-0.05, 0) is 51.8 Å². The highest BCUT2D eigenvalue weighted by molar-refractivity contribution is 7.12. The van der Waals surface area contributed by atoms with Gasteiger partial charge in [0.1, 0.15) is 0 Å². The van der Waals surface area contributed by atoms with Crippen molar-refractivity contribution in [2.45, 2.75) is 52.1 Å². The smallest absolute Gasteiger partial charge is 0.0303 e. The Bertz CT molecular complexity index is 353. The lowest BCUT2D eigenvalue weighted by Gasteiger charge is -2.25. The number of hydrogen-bond acceptors (Lipinski definition) is 3. The normalized spacial score (nSPS) is 22.6. The highest BCUT2D eigenvalue weighted by Gasteiger charge is 2.15. The minimum Gasteiger partial charge on any atom is -0.313 e. The van der Waals surface area contributed by atoms with Crippen LogP contribution in [-0.4, -0.2) is 19.1 Å². The standard InChI is InChI=1S/C14H24N2S/c1-10-8-14(12(3)17-10)11(2)16-9-13-6-4-5-7-15-13/h8,11,13,15-16H,4-7,9H2,1-3H3. The molecule has 2 atom stereocenters. The van der Waals surface area contributed by atoms with Gasteiger partial charge in [0.05, 0.1) is 0 Å². The number of rotatable bonds is 4. The summed E-state index contributed by atoms with van der Waals surface area (Å²) >= 11 is 1.90. The van der Waals surface area contributed by atoms with Crippen LogP contribution >= 0.6 is 11.3 Å². The molecule has 3 heteroatoms. The van der Waals surface area contributed by atoms with Crippen LogP contribution in [0.2, 0.25) is 0 Å². The maximum Gasteiger partial charge on any atom is 0.0303 e. The molecule has 0 bridgehead atoms. The Kier molecular flexibility index (Phi) is 4.60. The van der Waals surface area contributed by atoms with Crippen molar-refractivity contribution in [3.8, 4) is 0 Å². The molecule has 1 aliphatic heterocycles. The Morgan fingerprint density at radius 1 is 1.47 bits per heavy atom. The predicted octanol–water partition coefficient (Wildman–Crippen LogP) is 3.16. The van der Waals surface area contributed by atoms with Crippen molar-refractivity contribution in [3.63, 3.8) is 0 Å². The molecule has 2 nitrogen and oxygen atoms in total. The molecule has 1 saturated heterocycles. The van der Waals surface area contributed by atoms with E-state index in [4.69, 9.17) is 0 Å². The van der Waals surface area contributed by atoms with Crippen LogP contribution in [0, 0.1) is 13.8 Å². The Balaban J connectivity index is 1.84. The fourth-order valence-corrected chi connectivity index (χ4v) is 3.63. The van der Waals surface area contributed by atoms with Gasteiger partial charge in [-0.3, -0.25) is 0 Å². The second kappa shape index (κ2) is 5.98. The Morgan fingerprint density at radius 3 is 2.88 bits per heavy atom. The van der Waals surface area contributed by atoms with Gasteiger partial charge in [-0.25, -0.2) is 0 Å². The maximum atomic E-state index is 3.67. The van der Waals surface area contributed by atoms with Crippen LogP contribution in [0.4, 0.5) is 0 Å². The zero-order valence-corrected chi connectivity index (χ0v) is 12.0. The lowest BCUT2D eigenvalue weighted by atomic mass is 10.0. The van der Waals surface area contributed by atoms with Gasteiger partial charge in [-0.1, -0.05) is 6.42 Å². The van der Waals surface area contributed by atoms with Crippen molar-refractivity contribution in [2.24, 2.45) is 0 Å². The molecule has 0 radical (unpaired) electrons. The minimum absolute atomic E-state index is 0.476. The van der Waals surface area contributed by atoms with Gasteiger partial charge in [0.2, 0.25) is 0 Å². The summed E-state index contributed by atoms with van der Waals surface area (Å²) in [6.07, 6.45) is 4.04. The zero-order chi connectivity index (χ0) is 12.3. The molecule has 0 aromatic carbocycles. The molecule has 2 heterocycles. The molecular weight excluding hydrogens is 228 g/mol. The molecule has 1 aliphatic rings. The van der Waals surface area contributed by atoms with E-state index in [0.717, 1.165) is 6.54 Å². The lowest BCUT2D eigenvalue weighted by Crippen LogP contribution is -2.42. The van der Waals surface area contributed by atoms with Crippen LogP contribution < -0.4 is 10.6 Å². The van der Waals surface area contributed by atoms with Crippen LogP contribution in [0.25, 0.3) is 0 Å². The fourth-order valence-electron chi connectivity index (χ4n) is 2.61. The average Bonchev–Trinajstić information content (AvgIpc) is 2.67. The van der Waals surface area contributed by atoms with E-state index in [1.165, 1.54) is 41.1 Å². The van der Waals surface area contributed by atoms with E-state index < -0.39 is 0 Å². The Morgan fingerprint density at radius 2 is 2.29 bits per heavy atom. The first-order valence-corrected chi connectivity index (χ1v) is 7.52. The SMILES string of the molecule is Cc1cc(C(C)NCC2CCCCN2)c(C)s1. The number of hydrogen-bond donors (Lipinski definition) is 2. The van der Waals surface area contributed by atoms with Gasteiger partial charge in [-0.15, -0.1) is 11.3 Å². The molecular formula is C14H24N2S. The third kappa shape index (κ3) is 3.54. The number of nitrogens with one attached hydrogen (secondary N) is 2. The first-order chi connectivity index (χ1) is 8.16. The lowest BCUT2D eigenvalue weighted by molar-refractivity contribution is 0.371. The highest BCUT2D eigenvalue weighted by Crippen LogP contribution is 2.26. The third-order valence-corrected chi connectivity index (χ3v) is 4.61. The summed E-state index contributed by atoms with van der Waals surface area (Å²) in [5, 5.41) is 7.25. The summed E-state index contributed by atoms with van der Waals surface area (Å²) in [6, 6.07) is 3.47. The van der Waals surface area contributed by atoms with Crippen LogP contribution in [0.5, 0.6) is 0 Å². The van der Waals surface area contributed by atoms with Gasteiger partial charge in [-0.2, -0.15) is 0 Å². The van der Waals surface area contributed by atoms with Gasteiger partial charge < -0.3 is 10.6 Å². The quantitative estimate of drug-likeness (QED) is 0.860. The summed E-state index contributed by atoms with van der Waals surface area (Å²) in [6.45, 7) is 8.98. The van der Waals surface area contributed by atoms with Gasteiger partial charge in [0.25, 0.3) is 0 Å². The molecule has 1 fully saturated rings. The topological polar surface area (TPSA) is 24.1 Å². The van der Waals surface area contributed by atoms with Crippen LogP contribution in [-0.2, 0) is 0 Å². The molecule has 2 rings (SSSR count). The van der Waals surface area contributed by atoms with Crippen molar-refractivity contribution in [1.29, 1.82) is 0 Å². The Hall–Kier alpha value is -0.380. The molecule has 2 N–H and O–H groups in total. The van der Waals surface area contributed by atoms with Crippen molar-refractivity contribution in [3.05, 3.63) is 21.4 Å². The first-order valence-electron chi connectivity index (χ1n) is 6.70. The maximum absolute atomic E-state index is 3.67. The number of thiophene rings is 1. The summed E-state index contributed by atoms with van der Waals surface area (Å²) in [5.74, 6) is 0. The fraction of sp³-hybridized carbons (Fsp3) is 0.714. The second-order valence-electron chi connectivity index (χ2n) is 5.15. The van der Waals surface area contributed by atoms with E-state index in [2.05, 4.69) is 37.5 Å². The molecule has 0 saturated carbocycles. The van der Waals surface area contributed by atoms with Crippen molar-refractivity contribution >= 4 is 11.3 Å². The van der Waals surface area contributed by atoms with Gasteiger partial charge in [0.15, 0.2) is 0 Å². The molecule has 0 aliphatic carbocycles. The van der Waals surface area contributed by atoms with Crippen LogP contribution in [0.15, 0.2) is 6.07 Å². The molecule has 1 aromatic heterocycles. The van der Waals surface area contributed by atoms with Crippen molar-refractivity contribution < 1.29 is 0 Å². The molecule has 0 spiro atoms. The van der Waals surface area contributed by atoms with E-state index in [9.17, 15) is 0 Å². The van der Waals surface area contributed by atoms with E-state index in [0.29, 0.717) is 12.1 Å². The summed E-state index contributed by atoms with van der Waals surface area (Å²) in [5.41, 5.74) is 1.48. The predicted molar refractivity (Wildman–Crippen MR) is 75.9 cm³/mol.